The van der Waals surface area contributed by atoms with Crippen LogP contribution >= 0.6 is 11.6 Å². The minimum atomic E-state index is -0.393. The summed E-state index contributed by atoms with van der Waals surface area (Å²) in [6.07, 6.45) is 2.69. The molecule has 1 nitrogen and oxygen atoms in total. The average Bonchev–Trinajstić information content (AvgIpc) is 2.12. The zero-order valence-corrected chi connectivity index (χ0v) is 7.94. The summed E-state index contributed by atoms with van der Waals surface area (Å²) in [4.78, 5) is 0. The Hall–Kier alpha value is -1.02. The summed E-state index contributed by atoms with van der Waals surface area (Å²) >= 11 is 5.59. The van der Waals surface area contributed by atoms with Crippen molar-refractivity contribution in [3.05, 3.63) is 41.7 Å². The Morgan fingerprint density at radius 2 is 2.31 bits per heavy atom. The van der Waals surface area contributed by atoms with E-state index in [1.807, 2.05) is 6.08 Å². The van der Waals surface area contributed by atoms with Crippen molar-refractivity contribution in [1.29, 1.82) is 0 Å². The van der Waals surface area contributed by atoms with Crippen molar-refractivity contribution in [1.82, 2.24) is 0 Å². The molecule has 0 radical (unpaired) electrons. The summed E-state index contributed by atoms with van der Waals surface area (Å²) in [6.45, 7) is 4.38. The zero-order valence-electron chi connectivity index (χ0n) is 7.19. The van der Waals surface area contributed by atoms with Gasteiger partial charge in [-0.1, -0.05) is 17.7 Å². The van der Waals surface area contributed by atoms with Gasteiger partial charge < -0.3 is 5.32 Å². The maximum Gasteiger partial charge on any atom is 0.141 e. The fourth-order valence-corrected chi connectivity index (χ4v) is 1.11. The van der Waals surface area contributed by atoms with Gasteiger partial charge in [0.05, 0.1) is 5.02 Å². The van der Waals surface area contributed by atoms with Crippen LogP contribution in [0.15, 0.2) is 30.9 Å². The molecule has 0 aromatic heterocycles. The summed E-state index contributed by atoms with van der Waals surface area (Å²) in [7, 11) is 0. The van der Waals surface area contributed by atoms with Crippen molar-refractivity contribution in [2.45, 2.75) is 6.42 Å². The second-order valence-corrected chi connectivity index (χ2v) is 3.04. The van der Waals surface area contributed by atoms with Gasteiger partial charge in [-0.2, -0.15) is 0 Å². The topological polar surface area (TPSA) is 12.0 Å². The van der Waals surface area contributed by atoms with E-state index in [-0.39, 0.29) is 5.02 Å². The molecular weight excluding hydrogens is 189 g/mol. The van der Waals surface area contributed by atoms with Crippen molar-refractivity contribution >= 4 is 17.3 Å². The molecule has 70 valence electrons. The van der Waals surface area contributed by atoms with E-state index in [2.05, 4.69) is 11.9 Å². The van der Waals surface area contributed by atoms with E-state index in [9.17, 15) is 4.39 Å². The van der Waals surface area contributed by atoms with Crippen molar-refractivity contribution in [3.8, 4) is 0 Å². The first-order chi connectivity index (χ1) is 6.24. The number of hydrogen-bond donors (Lipinski definition) is 1. The number of anilines is 1. The number of hydrogen-bond acceptors (Lipinski definition) is 1. The summed E-state index contributed by atoms with van der Waals surface area (Å²) in [5.74, 6) is -0.393. The van der Waals surface area contributed by atoms with Crippen LogP contribution in [0, 0.1) is 5.82 Å². The molecule has 1 N–H and O–H groups in total. The molecule has 0 spiro atoms. The molecule has 0 aliphatic heterocycles. The standard InChI is InChI=1S/C10H11ClFN/c1-2-3-6-13-8-4-5-10(12)9(11)7-8/h2,4-5,7,13H,1,3,6H2. The molecule has 1 aromatic carbocycles. The zero-order chi connectivity index (χ0) is 9.68. The van der Waals surface area contributed by atoms with Crippen LogP contribution in [0.5, 0.6) is 0 Å². The first-order valence-corrected chi connectivity index (χ1v) is 4.41. The third-order valence-electron chi connectivity index (χ3n) is 1.60. The Kier molecular flexibility index (Phi) is 3.77. The fraction of sp³-hybridized carbons (Fsp3) is 0.200. The second kappa shape index (κ2) is 4.87. The third-order valence-corrected chi connectivity index (χ3v) is 1.89. The van der Waals surface area contributed by atoms with Crippen molar-refractivity contribution < 1.29 is 4.39 Å². The Morgan fingerprint density at radius 1 is 1.54 bits per heavy atom. The van der Waals surface area contributed by atoms with Crippen LogP contribution in [0.2, 0.25) is 5.02 Å². The lowest BCUT2D eigenvalue weighted by Gasteiger charge is -2.04. The Morgan fingerprint density at radius 3 is 2.92 bits per heavy atom. The lowest BCUT2D eigenvalue weighted by Crippen LogP contribution is -1.99. The maximum absolute atomic E-state index is 12.7. The molecule has 0 aliphatic rings. The fourth-order valence-electron chi connectivity index (χ4n) is 0.925. The molecule has 0 atom stereocenters. The smallest absolute Gasteiger partial charge is 0.141 e. The Labute approximate surface area is 82.2 Å². The van der Waals surface area contributed by atoms with Gasteiger partial charge in [0.2, 0.25) is 0 Å². The number of benzene rings is 1. The van der Waals surface area contributed by atoms with Gasteiger partial charge in [0, 0.05) is 12.2 Å². The van der Waals surface area contributed by atoms with Gasteiger partial charge in [0.1, 0.15) is 5.82 Å². The number of nitrogens with one attached hydrogen (secondary N) is 1. The Balaban J connectivity index is 2.57. The van der Waals surface area contributed by atoms with Gasteiger partial charge in [-0.05, 0) is 24.6 Å². The molecule has 0 fully saturated rings. The normalized spacial score (nSPS) is 9.69. The quantitative estimate of drug-likeness (QED) is 0.579. The molecule has 3 heteroatoms. The molecular formula is C10H11ClFN. The maximum atomic E-state index is 12.7. The average molecular weight is 200 g/mol. The van der Waals surface area contributed by atoms with Gasteiger partial charge in [0.15, 0.2) is 0 Å². The van der Waals surface area contributed by atoms with E-state index in [0.717, 1.165) is 18.7 Å². The highest BCUT2D eigenvalue weighted by atomic mass is 35.5. The van der Waals surface area contributed by atoms with Crippen molar-refractivity contribution in [3.63, 3.8) is 0 Å². The predicted octanol–water partition coefficient (Wildman–Crippen LogP) is 3.47. The first-order valence-electron chi connectivity index (χ1n) is 4.04. The van der Waals surface area contributed by atoms with Crippen LogP contribution in [0.1, 0.15) is 6.42 Å². The minimum Gasteiger partial charge on any atom is -0.385 e. The van der Waals surface area contributed by atoms with Crippen LogP contribution in [0.25, 0.3) is 0 Å². The molecule has 0 saturated heterocycles. The third kappa shape index (κ3) is 3.07. The molecule has 13 heavy (non-hydrogen) atoms. The molecule has 1 aromatic rings. The molecule has 0 heterocycles. The predicted molar refractivity (Wildman–Crippen MR) is 54.7 cm³/mol. The first kappa shape index (κ1) is 10.1. The van der Waals surface area contributed by atoms with Crippen LogP contribution in [-0.4, -0.2) is 6.54 Å². The lowest BCUT2D eigenvalue weighted by molar-refractivity contribution is 0.628. The molecule has 0 aliphatic carbocycles. The van der Waals surface area contributed by atoms with E-state index in [1.54, 1.807) is 12.1 Å². The van der Waals surface area contributed by atoms with Crippen molar-refractivity contribution in [2.24, 2.45) is 0 Å². The molecule has 0 bridgehead atoms. The molecule has 0 amide bonds. The van der Waals surface area contributed by atoms with Gasteiger partial charge in [-0.15, -0.1) is 6.58 Å². The van der Waals surface area contributed by atoms with Gasteiger partial charge in [-0.3, -0.25) is 0 Å². The molecule has 1 rings (SSSR count). The van der Waals surface area contributed by atoms with Crippen molar-refractivity contribution in [2.75, 3.05) is 11.9 Å². The van der Waals surface area contributed by atoms with Crippen LogP contribution < -0.4 is 5.32 Å². The summed E-state index contributed by atoms with van der Waals surface area (Å²) < 4.78 is 12.7. The van der Waals surface area contributed by atoms with Gasteiger partial charge >= 0.3 is 0 Å². The van der Waals surface area contributed by atoms with Crippen LogP contribution in [-0.2, 0) is 0 Å². The van der Waals surface area contributed by atoms with E-state index >= 15 is 0 Å². The summed E-state index contributed by atoms with van der Waals surface area (Å²) in [6, 6.07) is 4.57. The highest BCUT2D eigenvalue weighted by Crippen LogP contribution is 2.19. The highest BCUT2D eigenvalue weighted by Gasteiger charge is 1.99. The van der Waals surface area contributed by atoms with E-state index < -0.39 is 5.82 Å². The molecule has 0 unspecified atom stereocenters. The Bertz CT molecular complexity index is 299. The molecule has 0 saturated carbocycles. The van der Waals surface area contributed by atoms with Crippen LogP contribution in [0.4, 0.5) is 10.1 Å². The number of rotatable bonds is 4. The number of halogens is 2. The van der Waals surface area contributed by atoms with E-state index in [0.29, 0.717) is 0 Å². The van der Waals surface area contributed by atoms with Crippen LogP contribution in [0.3, 0.4) is 0 Å². The largest absolute Gasteiger partial charge is 0.385 e. The minimum absolute atomic E-state index is 0.142. The summed E-state index contributed by atoms with van der Waals surface area (Å²) in [5.41, 5.74) is 0.827. The van der Waals surface area contributed by atoms with E-state index in [1.165, 1.54) is 6.07 Å². The SMILES string of the molecule is C=CCCNc1ccc(F)c(Cl)c1. The monoisotopic (exact) mass is 199 g/mol. The second-order valence-electron chi connectivity index (χ2n) is 2.63. The van der Waals surface area contributed by atoms with E-state index in [4.69, 9.17) is 11.6 Å². The van der Waals surface area contributed by atoms with Gasteiger partial charge in [-0.25, -0.2) is 4.39 Å². The van der Waals surface area contributed by atoms with Gasteiger partial charge in [0.25, 0.3) is 0 Å². The lowest BCUT2D eigenvalue weighted by atomic mass is 10.3. The highest BCUT2D eigenvalue weighted by molar-refractivity contribution is 6.31. The summed E-state index contributed by atoms with van der Waals surface area (Å²) in [5, 5.41) is 3.23.